The Labute approximate surface area is 140 Å². The molecule has 1 aromatic heterocycles. The lowest BCUT2D eigenvalue weighted by Gasteiger charge is -2.18. The van der Waals surface area contributed by atoms with Gasteiger partial charge < -0.3 is 9.73 Å². The molecule has 1 N–H and O–H groups in total. The molecule has 0 radical (unpaired) electrons. The Morgan fingerprint density at radius 1 is 1.08 bits per heavy atom. The van der Waals surface area contributed by atoms with Gasteiger partial charge in [-0.3, -0.25) is 4.79 Å². The quantitative estimate of drug-likeness (QED) is 0.775. The highest BCUT2D eigenvalue weighted by Gasteiger charge is 2.19. The van der Waals surface area contributed by atoms with Gasteiger partial charge in [-0.1, -0.05) is 42.0 Å². The summed E-state index contributed by atoms with van der Waals surface area (Å²) < 4.78 is 5.82. The van der Waals surface area contributed by atoms with E-state index in [0.717, 1.165) is 29.0 Å². The molecular weight excluding hydrogens is 300 g/mol. The van der Waals surface area contributed by atoms with Crippen LogP contribution in [0.25, 0.3) is 11.3 Å². The van der Waals surface area contributed by atoms with Gasteiger partial charge in [-0.15, -0.1) is 0 Å². The van der Waals surface area contributed by atoms with Crippen molar-refractivity contribution in [1.82, 2.24) is 4.98 Å². The van der Waals surface area contributed by atoms with Crippen molar-refractivity contribution in [3.05, 3.63) is 65.4 Å². The number of Topliss-reactive ketones (excluding diaryl/α,β-unsaturated/α-hetero) is 1. The summed E-state index contributed by atoms with van der Waals surface area (Å²) in [5, 5.41) is 3.22. The van der Waals surface area contributed by atoms with Crippen LogP contribution in [0.5, 0.6) is 0 Å². The highest BCUT2D eigenvalue weighted by Crippen LogP contribution is 2.30. The Balaban J connectivity index is 1.61. The van der Waals surface area contributed by atoms with Gasteiger partial charge in [0.15, 0.2) is 5.76 Å². The number of hydrogen-bond acceptors (Lipinski definition) is 4. The number of aryl methyl sites for hydroxylation is 2. The van der Waals surface area contributed by atoms with Crippen molar-refractivity contribution in [2.24, 2.45) is 0 Å². The maximum atomic E-state index is 11.8. The first-order valence-electron chi connectivity index (χ1n) is 8.11. The third-order valence-electron chi connectivity index (χ3n) is 4.40. The minimum Gasteiger partial charge on any atom is -0.423 e. The first-order chi connectivity index (χ1) is 11.7. The number of benzene rings is 2. The number of nitrogens with one attached hydrogen (secondary N) is 1. The van der Waals surface area contributed by atoms with Gasteiger partial charge >= 0.3 is 0 Å². The Morgan fingerprint density at radius 3 is 2.75 bits per heavy atom. The molecule has 0 saturated heterocycles. The molecule has 1 aliphatic carbocycles. The van der Waals surface area contributed by atoms with Crippen LogP contribution in [0.4, 0.5) is 11.7 Å². The molecule has 4 rings (SSSR count). The fourth-order valence-corrected chi connectivity index (χ4v) is 3.05. The number of carbonyl (C=O) groups excluding carboxylic acids is 1. The maximum Gasteiger partial charge on any atom is 0.299 e. The molecule has 0 unspecified atom stereocenters. The minimum atomic E-state index is 0.282. The summed E-state index contributed by atoms with van der Waals surface area (Å²) >= 11 is 0. The van der Waals surface area contributed by atoms with Crippen molar-refractivity contribution in [1.29, 1.82) is 0 Å². The van der Waals surface area contributed by atoms with Gasteiger partial charge in [0.25, 0.3) is 6.01 Å². The van der Waals surface area contributed by atoms with Crippen molar-refractivity contribution < 1.29 is 9.21 Å². The fourth-order valence-electron chi connectivity index (χ4n) is 3.05. The number of nitrogens with zero attached hydrogens (tertiary/aromatic N) is 1. The molecule has 0 amide bonds. The molecule has 0 atom stereocenters. The van der Waals surface area contributed by atoms with Crippen LogP contribution in [0, 0.1) is 6.92 Å². The number of fused-ring (bicyclic) bond motifs is 1. The van der Waals surface area contributed by atoms with E-state index < -0.39 is 0 Å². The van der Waals surface area contributed by atoms with E-state index in [1.165, 1.54) is 11.1 Å². The monoisotopic (exact) mass is 318 g/mol. The molecule has 0 spiro atoms. The second kappa shape index (κ2) is 5.96. The number of oxazole rings is 1. The average Bonchev–Trinajstić information content (AvgIpc) is 3.05. The maximum absolute atomic E-state index is 11.8. The van der Waals surface area contributed by atoms with Crippen molar-refractivity contribution in [3.63, 3.8) is 0 Å². The Bertz CT molecular complexity index is 894. The van der Waals surface area contributed by atoms with Gasteiger partial charge in [-0.25, -0.2) is 4.98 Å². The molecule has 0 fully saturated rings. The summed E-state index contributed by atoms with van der Waals surface area (Å²) in [6, 6.07) is 14.6. The first kappa shape index (κ1) is 14.7. The van der Waals surface area contributed by atoms with E-state index in [1.807, 2.05) is 36.4 Å². The second-order valence-corrected chi connectivity index (χ2v) is 6.18. The first-order valence-corrected chi connectivity index (χ1v) is 8.11. The fraction of sp³-hybridized carbons (Fsp3) is 0.200. The van der Waals surface area contributed by atoms with Crippen LogP contribution in [-0.4, -0.2) is 10.8 Å². The number of anilines is 2. The van der Waals surface area contributed by atoms with Crippen LogP contribution in [0.1, 0.15) is 23.1 Å². The largest absolute Gasteiger partial charge is 0.423 e. The van der Waals surface area contributed by atoms with Gasteiger partial charge in [-0.2, -0.15) is 0 Å². The molecular formula is C20H18N2O2. The molecule has 0 aliphatic heterocycles. The zero-order valence-corrected chi connectivity index (χ0v) is 13.5. The Hall–Kier alpha value is -2.88. The summed E-state index contributed by atoms with van der Waals surface area (Å²) in [5.74, 6) is 1.00. The van der Waals surface area contributed by atoms with E-state index in [2.05, 4.69) is 23.3 Å². The predicted octanol–water partition coefficient (Wildman–Crippen LogP) is 4.45. The van der Waals surface area contributed by atoms with Crippen LogP contribution in [0.2, 0.25) is 0 Å². The molecule has 4 nitrogen and oxygen atoms in total. The van der Waals surface area contributed by atoms with Crippen molar-refractivity contribution >= 4 is 17.5 Å². The zero-order valence-electron chi connectivity index (χ0n) is 13.5. The van der Waals surface area contributed by atoms with Crippen LogP contribution in [0.3, 0.4) is 0 Å². The Kier molecular flexibility index (Phi) is 3.65. The minimum absolute atomic E-state index is 0.282. The number of ketones is 1. The number of aromatic nitrogens is 1. The van der Waals surface area contributed by atoms with Crippen molar-refractivity contribution in [2.75, 3.05) is 5.32 Å². The summed E-state index contributed by atoms with van der Waals surface area (Å²) in [6.45, 7) is 2.05. The number of hydrogen-bond donors (Lipinski definition) is 1. The predicted molar refractivity (Wildman–Crippen MR) is 93.4 cm³/mol. The summed E-state index contributed by atoms with van der Waals surface area (Å²) in [5.41, 5.74) is 5.38. The van der Waals surface area contributed by atoms with Crippen LogP contribution < -0.4 is 5.32 Å². The summed E-state index contributed by atoms with van der Waals surface area (Å²) in [7, 11) is 0. The van der Waals surface area contributed by atoms with E-state index in [0.29, 0.717) is 18.9 Å². The Morgan fingerprint density at radius 2 is 1.92 bits per heavy atom. The van der Waals surface area contributed by atoms with Gasteiger partial charge in [0.1, 0.15) is 5.78 Å². The van der Waals surface area contributed by atoms with E-state index in [9.17, 15) is 4.79 Å². The highest BCUT2D eigenvalue weighted by atomic mass is 16.4. The van der Waals surface area contributed by atoms with Gasteiger partial charge in [0, 0.05) is 24.1 Å². The van der Waals surface area contributed by atoms with E-state index in [1.54, 1.807) is 6.20 Å². The van der Waals surface area contributed by atoms with E-state index in [-0.39, 0.29) is 5.78 Å². The normalized spacial score (nSPS) is 13.6. The van der Waals surface area contributed by atoms with Crippen LogP contribution in [0.15, 0.2) is 53.1 Å². The molecule has 0 bridgehead atoms. The van der Waals surface area contributed by atoms with Gasteiger partial charge in [0.05, 0.1) is 6.20 Å². The molecule has 120 valence electrons. The second-order valence-electron chi connectivity index (χ2n) is 6.18. The summed E-state index contributed by atoms with van der Waals surface area (Å²) in [6.07, 6.45) is 3.63. The molecule has 0 saturated carbocycles. The lowest BCUT2D eigenvalue weighted by atomic mass is 9.89. The average molecular weight is 318 g/mol. The smallest absolute Gasteiger partial charge is 0.299 e. The number of carbonyl (C=O) groups is 1. The SMILES string of the molecule is Cc1ccc(-c2cnc(Nc3cccc4c3CC(=O)CC4)o2)cc1. The van der Waals surface area contributed by atoms with E-state index in [4.69, 9.17) is 4.42 Å². The molecule has 2 aromatic carbocycles. The van der Waals surface area contributed by atoms with Gasteiger partial charge in [0.2, 0.25) is 0 Å². The van der Waals surface area contributed by atoms with Crippen molar-refractivity contribution in [3.8, 4) is 11.3 Å². The van der Waals surface area contributed by atoms with Crippen molar-refractivity contribution in [2.45, 2.75) is 26.2 Å². The van der Waals surface area contributed by atoms with Crippen LogP contribution >= 0.6 is 0 Å². The molecule has 4 heteroatoms. The molecule has 24 heavy (non-hydrogen) atoms. The standard InChI is InChI=1S/C20H18N2O2/c1-13-5-7-15(8-6-13)19-12-21-20(24-19)22-18-4-2-3-14-9-10-16(23)11-17(14)18/h2-8,12H,9-11H2,1H3,(H,21,22). The third-order valence-corrected chi connectivity index (χ3v) is 4.40. The lowest BCUT2D eigenvalue weighted by Crippen LogP contribution is -2.14. The summed E-state index contributed by atoms with van der Waals surface area (Å²) in [4.78, 5) is 16.1. The molecule has 1 aliphatic rings. The molecule has 3 aromatic rings. The lowest BCUT2D eigenvalue weighted by molar-refractivity contribution is -0.118. The van der Waals surface area contributed by atoms with Gasteiger partial charge in [-0.05, 0) is 30.5 Å². The van der Waals surface area contributed by atoms with Crippen LogP contribution in [-0.2, 0) is 17.6 Å². The van der Waals surface area contributed by atoms with E-state index >= 15 is 0 Å². The topological polar surface area (TPSA) is 55.1 Å². The highest BCUT2D eigenvalue weighted by molar-refractivity contribution is 5.85. The number of rotatable bonds is 3. The third kappa shape index (κ3) is 2.83. The molecule has 1 heterocycles. The zero-order chi connectivity index (χ0) is 16.5.